The van der Waals surface area contributed by atoms with Gasteiger partial charge in [-0.2, -0.15) is 5.26 Å². The number of benzene rings is 1. The molecule has 0 saturated carbocycles. The zero-order valence-corrected chi connectivity index (χ0v) is 10.4. The standard InChI is InChI=1S/C11H12N2O3S/c1-11(16-2,7-17-8-12)9-3-5-10(6-4-9)13(14)15/h3-6H,7H2,1-2H3. The van der Waals surface area contributed by atoms with E-state index in [0.29, 0.717) is 5.75 Å². The molecule has 0 N–H and O–H groups in total. The van der Waals surface area contributed by atoms with Crippen molar-refractivity contribution in [2.45, 2.75) is 12.5 Å². The predicted molar refractivity (Wildman–Crippen MR) is 65.5 cm³/mol. The Morgan fingerprint density at radius 2 is 2.12 bits per heavy atom. The van der Waals surface area contributed by atoms with E-state index in [0.717, 1.165) is 17.3 Å². The van der Waals surface area contributed by atoms with Crippen LogP contribution in [0.15, 0.2) is 24.3 Å². The van der Waals surface area contributed by atoms with Crippen LogP contribution >= 0.6 is 11.8 Å². The average Bonchev–Trinajstić information content (AvgIpc) is 2.36. The van der Waals surface area contributed by atoms with Crippen LogP contribution in [0, 0.1) is 20.8 Å². The largest absolute Gasteiger partial charge is 0.373 e. The molecular formula is C11H12N2O3S. The lowest BCUT2D eigenvalue weighted by Gasteiger charge is -2.27. The summed E-state index contributed by atoms with van der Waals surface area (Å²) in [6, 6.07) is 6.17. The topological polar surface area (TPSA) is 76.2 Å². The van der Waals surface area contributed by atoms with Gasteiger partial charge in [0, 0.05) is 25.0 Å². The Morgan fingerprint density at radius 1 is 1.53 bits per heavy atom. The van der Waals surface area contributed by atoms with Crippen molar-refractivity contribution >= 4 is 17.4 Å². The van der Waals surface area contributed by atoms with Crippen LogP contribution in [0.3, 0.4) is 0 Å². The second-order valence-corrected chi connectivity index (χ2v) is 4.38. The summed E-state index contributed by atoms with van der Waals surface area (Å²) in [6.07, 6.45) is 0. The van der Waals surface area contributed by atoms with Crippen LogP contribution in [-0.2, 0) is 10.3 Å². The molecule has 90 valence electrons. The van der Waals surface area contributed by atoms with Gasteiger partial charge in [-0.25, -0.2) is 0 Å². The first kappa shape index (κ1) is 13.5. The number of nitro groups is 1. The average molecular weight is 252 g/mol. The van der Waals surface area contributed by atoms with Gasteiger partial charge >= 0.3 is 0 Å². The number of hydrogen-bond acceptors (Lipinski definition) is 5. The Hall–Kier alpha value is -1.58. The molecule has 1 unspecified atom stereocenters. The van der Waals surface area contributed by atoms with Crippen LogP contribution in [0.25, 0.3) is 0 Å². The molecule has 0 spiro atoms. The van der Waals surface area contributed by atoms with Gasteiger partial charge in [0.2, 0.25) is 0 Å². The number of thiocyanates is 1. The number of nitro benzene ring substituents is 1. The van der Waals surface area contributed by atoms with E-state index in [1.165, 1.54) is 12.1 Å². The quantitative estimate of drug-likeness (QED) is 0.457. The molecule has 6 heteroatoms. The molecule has 0 aliphatic carbocycles. The van der Waals surface area contributed by atoms with Crippen LogP contribution < -0.4 is 0 Å². The van der Waals surface area contributed by atoms with Gasteiger partial charge in [0.15, 0.2) is 0 Å². The van der Waals surface area contributed by atoms with Crippen LogP contribution in [0.5, 0.6) is 0 Å². The molecule has 0 aliphatic heterocycles. The van der Waals surface area contributed by atoms with Crippen molar-refractivity contribution in [3.63, 3.8) is 0 Å². The first-order chi connectivity index (χ1) is 8.03. The van der Waals surface area contributed by atoms with Crippen molar-refractivity contribution in [1.29, 1.82) is 5.26 Å². The summed E-state index contributed by atoms with van der Waals surface area (Å²) in [7, 11) is 1.55. The second kappa shape index (κ2) is 5.66. The second-order valence-electron chi connectivity index (χ2n) is 3.62. The van der Waals surface area contributed by atoms with Gasteiger partial charge in [0.25, 0.3) is 5.69 Å². The van der Waals surface area contributed by atoms with Crippen molar-refractivity contribution < 1.29 is 9.66 Å². The molecule has 0 bridgehead atoms. The summed E-state index contributed by atoms with van der Waals surface area (Å²) in [4.78, 5) is 10.1. The third kappa shape index (κ3) is 3.19. The Morgan fingerprint density at radius 3 is 2.53 bits per heavy atom. The van der Waals surface area contributed by atoms with E-state index >= 15 is 0 Å². The van der Waals surface area contributed by atoms with E-state index in [1.54, 1.807) is 19.2 Å². The minimum atomic E-state index is -0.616. The van der Waals surface area contributed by atoms with E-state index < -0.39 is 10.5 Å². The van der Waals surface area contributed by atoms with Crippen molar-refractivity contribution in [2.24, 2.45) is 0 Å². The molecular weight excluding hydrogens is 240 g/mol. The molecule has 0 aromatic heterocycles. The summed E-state index contributed by atoms with van der Waals surface area (Å²) >= 11 is 1.09. The fourth-order valence-corrected chi connectivity index (χ4v) is 1.99. The third-order valence-electron chi connectivity index (χ3n) is 2.55. The van der Waals surface area contributed by atoms with Gasteiger partial charge in [-0.3, -0.25) is 10.1 Å². The number of nitriles is 1. The number of nitrogens with zero attached hydrogens (tertiary/aromatic N) is 2. The van der Waals surface area contributed by atoms with E-state index in [-0.39, 0.29) is 5.69 Å². The smallest absolute Gasteiger partial charge is 0.269 e. The molecule has 1 aromatic carbocycles. The Balaban J connectivity index is 2.97. The van der Waals surface area contributed by atoms with Crippen molar-refractivity contribution in [2.75, 3.05) is 12.9 Å². The van der Waals surface area contributed by atoms with E-state index in [9.17, 15) is 10.1 Å². The maximum absolute atomic E-state index is 10.5. The van der Waals surface area contributed by atoms with Gasteiger partial charge in [-0.1, -0.05) is 0 Å². The van der Waals surface area contributed by atoms with Crippen LogP contribution in [0.1, 0.15) is 12.5 Å². The molecule has 0 amide bonds. The number of methoxy groups -OCH3 is 1. The summed E-state index contributed by atoms with van der Waals surface area (Å²) in [6.45, 7) is 1.85. The van der Waals surface area contributed by atoms with Gasteiger partial charge < -0.3 is 4.74 Å². The minimum absolute atomic E-state index is 0.0418. The van der Waals surface area contributed by atoms with Crippen LogP contribution in [-0.4, -0.2) is 17.8 Å². The lowest BCUT2D eigenvalue weighted by molar-refractivity contribution is -0.384. The number of rotatable bonds is 5. The van der Waals surface area contributed by atoms with Crippen molar-refractivity contribution in [3.05, 3.63) is 39.9 Å². The molecule has 17 heavy (non-hydrogen) atoms. The summed E-state index contributed by atoms with van der Waals surface area (Å²) < 4.78 is 5.38. The maximum atomic E-state index is 10.5. The van der Waals surface area contributed by atoms with Gasteiger partial charge in [0.1, 0.15) is 5.40 Å². The van der Waals surface area contributed by atoms with Gasteiger partial charge in [-0.05, 0) is 36.4 Å². The minimum Gasteiger partial charge on any atom is -0.373 e. The predicted octanol–water partition coefficient (Wildman–Crippen LogP) is 2.67. The van der Waals surface area contributed by atoms with E-state index in [1.807, 2.05) is 12.3 Å². The highest BCUT2D eigenvalue weighted by Gasteiger charge is 2.26. The highest BCUT2D eigenvalue weighted by atomic mass is 32.2. The fourth-order valence-electron chi connectivity index (χ4n) is 1.37. The Bertz CT molecular complexity index is 441. The number of thioether (sulfide) groups is 1. The molecule has 0 heterocycles. The maximum Gasteiger partial charge on any atom is 0.269 e. The van der Waals surface area contributed by atoms with Crippen LogP contribution in [0.4, 0.5) is 5.69 Å². The first-order valence-corrected chi connectivity index (χ1v) is 5.83. The zero-order chi connectivity index (χ0) is 12.9. The normalized spacial score (nSPS) is 13.7. The van der Waals surface area contributed by atoms with Crippen molar-refractivity contribution in [1.82, 2.24) is 0 Å². The van der Waals surface area contributed by atoms with Crippen LogP contribution in [0.2, 0.25) is 0 Å². The highest BCUT2D eigenvalue weighted by molar-refractivity contribution is 8.03. The Labute approximate surface area is 104 Å². The molecule has 0 aliphatic rings. The lowest BCUT2D eigenvalue weighted by Crippen LogP contribution is -2.27. The number of non-ortho nitro benzene ring substituents is 1. The Kier molecular flexibility index (Phi) is 4.49. The fraction of sp³-hybridized carbons (Fsp3) is 0.364. The lowest BCUT2D eigenvalue weighted by atomic mass is 9.98. The summed E-state index contributed by atoms with van der Waals surface area (Å²) in [5.74, 6) is 0.470. The molecule has 5 nitrogen and oxygen atoms in total. The molecule has 1 atom stereocenters. The SMILES string of the molecule is COC(C)(CSC#N)c1ccc([N+](=O)[O-])cc1. The molecule has 1 aromatic rings. The monoisotopic (exact) mass is 252 g/mol. The third-order valence-corrected chi connectivity index (χ3v) is 3.38. The van der Waals surface area contributed by atoms with Gasteiger partial charge in [0.05, 0.1) is 10.5 Å². The number of hydrogen-bond donors (Lipinski definition) is 0. The van der Waals surface area contributed by atoms with Gasteiger partial charge in [-0.15, -0.1) is 0 Å². The summed E-state index contributed by atoms with van der Waals surface area (Å²) in [5, 5.41) is 21.1. The zero-order valence-electron chi connectivity index (χ0n) is 9.54. The highest BCUT2D eigenvalue weighted by Crippen LogP contribution is 2.29. The molecule has 0 saturated heterocycles. The van der Waals surface area contributed by atoms with Crippen molar-refractivity contribution in [3.8, 4) is 5.40 Å². The van der Waals surface area contributed by atoms with E-state index in [2.05, 4.69) is 0 Å². The molecule has 0 fully saturated rings. The number of ether oxygens (including phenoxy) is 1. The first-order valence-electron chi connectivity index (χ1n) is 4.84. The van der Waals surface area contributed by atoms with E-state index in [4.69, 9.17) is 10.00 Å². The molecule has 1 rings (SSSR count). The summed E-state index contributed by atoms with van der Waals surface area (Å²) in [5.41, 5.74) is 0.240. The molecule has 0 radical (unpaired) electrons.